The van der Waals surface area contributed by atoms with Gasteiger partial charge in [0.25, 0.3) is 5.91 Å². The van der Waals surface area contributed by atoms with Gasteiger partial charge >= 0.3 is 0 Å². The summed E-state index contributed by atoms with van der Waals surface area (Å²) >= 11 is 5.28. The van der Waals surface area contributed by atoms with Gasteiger partial charge in [-0.1, -0.05) is 12.2 Å². The molecule has 0 aromatic heterocycles. The van der Waals surface area contributed by atoms with Crippen LogP contribution in [-0.2, 0) is 0 Å². The Kier molecular flexibility index (Phi) is 5.51. The Hall–Kier alpha value is -2.48. The number of carbonyl (C=O) groups is 1. The van der Waals surface area contributed by atoms with Crippen LogP contribution in [0.3, 0.4) is 0 Å². The van der Waals surface area contributed by atoms with Gasteiger partial charge in [-0.15, -0.1) is 0 Å². The zero-order valence-corrected chi connectivity index (χ0v) is 15.8. The Balaban J connectivity index is 1.59. The Labute approximate surface area is 158 Å². The SMILES string of the molecule is COc1cc(C(=O)NNC(=S)N[C@@H]2C[C@H]3C=C[C@@H]2C3)cc(OC)c1OC. The molecule has 0 spiro atoms. The van der Waals surface area contributed by atoms with E-state index in [-0.39, 0.29) is 5.91 Å². The van der Waals surface area contributed by atoms with Crippen molar-refractivity contribution in [1.29, 1.82) is 0 Å². The second-order valence-electron chi connectivity index (χ2n) is 6.35. The van der Waals surface area contributed by atoms with Gasteiger partial charge < -0.3 is 19.5 Å². The molecule has 2 bridgehead atoms. The van der Waals surface area contributed by atoms with Gasteiger partial charge in [0, 0.05) is 11.6 Å². The number of thiocarbonyl (C=S) groups is 1. The molecule has 3 rings (SSSR count). The second-order valence-corrected chi connectivity index (χ2v) is 6.76. The number of benzene rings is 1. The number of hydrogen-bond donors (Lipinski definition) is 3. The van der Waals surface area contributed by atoms with Crippen molar-refractivity contribution >= 4 is 23.2 Å². The molecule has 0 radical (unpaired) electrons. The highest BCUT2D eigenvalue weighted by Gasteiger charge is 2.35. The lowest BCUT2D eigenvalue weighted by Crippen LogP contribution is -2.50. The number of amides is 1. The van der Waals surface area contributed by atoms with E-state index in [4.69, 9.17) is 26.4 Å². The summed E-state index contributed by atoms with van der Waals surface area (Å²) in [7, 11) is 4.51. The van der Waals surface area contributed by atoms with Gasteiger partial charge in [-0.05, 0) is 49.0 Å². The molecule has 1 fully saturated rings. The number of allylic oxidation sites excluding steroid dienone is 1. The first-order valence-corrected chi connectivity index (χ1v) is 8.81. The molecule has 2 aliphatic carbocycles. The molecular weight excluding hydrogens is 354 g/mol. The first-order chi connectivity index (χ1) is 12.5. The van der Waals surface area contributed by atoms with Crippen molar-refractivity contribution < 1.29 is 19.0 Å². The predicted molar refractivity (Wildman–Crippen MR) is 102 cm³/mol. The molecule has 8 heteroatoms. The van der Waals surface area contributed by atoms with E-state index in [0.29, 0.717) is 45.8 Å². The quantitative estimate of drug-likeness (QED) is 0.410. The Bertz CT molecular complexity index is 712. The number of methoxy groups -OCH3 is 3. The van der Waals surface area contributed by atoms with Crippen LogP contribution in [0.15, 0.2) is 24.3 Å². The summed E-state index contributed by atoms with van der Waals surface area (Å²) in [4.78, 5) is 12.4. The number of fused-ring (bicyclic) bond motifs is 2. The van der Waals surface area contributed by atoms with Crippen molar-refractivity contribution in [2.24, 2.45) is 11.8 Å². The lowest BCUT2D eigenvalue weighted by atomic mass is 10.0. The third kappa shape index (κ3) is 3.70. The molecule has 1 aromatic carbocycles. The summed E-state index contributed by atoms with van der Waals surface area (Å²) < 4.78 is 15.8. The minimum atomic E-state index is -0.360. The van der Waals surface area contributed by atoms with Crippen LogP contribution in [0, 0.1) is 11.8 Å². The fourth-order valence-electron chi connectivity index (χ4n) is 3.55. The third-order valence-corrected chi connectivity index (χ3v) is 5.03. The number of nitrogens with one attached hydrogen (secondary N) is 3. The molecule has 0 unspecified atom stereocenters. The lowest BCUT2D eigenvalue weighted by Gasteiger charge is -2.22. The van der Waals surface area contributed by atoms with E-state index in [2.05, 4.69) is 28.3 Å². The largest absolute Gasteiger partial charge is 0.493 e. The van der Waals surface area contributed by atoms with Crippen LogP contribution in [0.2, 0.25) is 0 Å². The molecule has 2 aliphatic rings. The molecule has 140 valence electrons. The van der Waals surface area contributed by atoms with E-state index in [0.717, 1.165) is 6.42 Å². The summed E-state index contributed by atoms with van der Waals surface area (Å²) in [5, 5.41) is 3.67. The minimum absolute atomic E-state index is 0.322. The van der Waals surface area contributed by atoms with Gasteiger partial charge in [0.1, 0.15) is 0 Å². The zero-order chi connectivity index (χ0) is 18.7. The molecule has 1 aromatic rings. The van der Waals surface area contributed by atoms with Crippen LogP contribution in [0.25, 0.3) is 0 Å². The highest BCUT2D eigenvalue weighted by Crippen LogP contribution is 2.39. The van der Waals surface area contributed by atoms with Crippen molar-refractivity contribution in [3.8, 4) is 17.2 Å². The first-order valence-electron chi connectivity index (χ1n) is 8.41. The smallest absolute Gasteiger partial charge is 0.269 e. The molecule has 3 atom stereocenters. The van der Waals surface area contributed by atoms with Crippen molar-refractivity contribution in [1.82, 2.24) is 16.2 Å². The highest BCUT2D eigenvalue weighted by molar-refractivity contribution is 7.80. The average molecular weight is 377 g/mol. The van der Waals surface area contributed by atoms with Gasteiger partial charge in [0.2, 0.25) is 5.75 Å². The maximum absolute atomic E-state index is 12.4. The van der Waals surface area contributed by atoms with Crippen LogP contribution in [-0.4, -0.2) is 38.4 Å². The molecule has 0 saturated heterocycles. The number of rotatable bonds is 5. The number of carbonyl (C=O) groups excluding carboxylic acids is 1. The third-order valence-electron chi connectivity index (χ3n) is 4.81. The van der Waals surface area contributed by atoms with Gasteiger partial charge in [-0.2, -0.15) is 0 Å². The summed E-state index contributed by atoms with van der Waals surface area (Å²) in [6, 6.07) is 3.48. The zero-order valence-electron chi connectivity index (χ0n) is 15.0. The first kappa shape index (κ1) is 18.3. The average Bonchev–Trinajstić information content (AvgIpc) is 3.27. The van der Waals surface area contributed by atoms with Gasteiger partial charge in [-0.25, -0.2) is 0 Å². The lowest BCUT2D eigenvalue weighted by molar-refractivity contribution is 0.0942. The Morgan fingerprint density at radius 3 is 2.23 bits per heavy atom. The second kappa shape index (κ2) is 7.82. The topological polar surface area (TPSA) is 80.9 Å². The normalized spacial score (nSPS) is 22.7. The van der Waals surface area contributed by atoms with Crippen LogP contribution < -0.4 is 30.4 Å². The molecule has 1 amide bonds. The highest BCUT2D eigenvalue weighted by atomic mass is 32.1. The van der Waals surface area contributed by atoms with Crippen molar-refractivity contribution in [2.45, 2.75) is 18.9 Å². The number of ether oxygens (including phenoxy) is 3. The number of hydrogen-bond acceptors (Lipinski definition) is 5. The molecule has 7 nitrogen and oxygen atoms in total. The van der Waals surface area contributed by atoms with E-state index in [9.17, 15) is 4.79 Å². The minimum Gasteiger partial charge on any atom is -0.493 e. The van der Waals surface area contributed by atoms with E-state index in [1.54, 1.807) is 12.1 Å². The molecule has 3 N–H and O–H groups in total. The monoisotopic (exact) mass is 377 g/mol. The number of hydrazine groups is 1. The standard InChI is InChI=1S/C18H23N3O4S/c1-23-14-8-12(9-15(24-2)16(14)25-3)17(22)20-21-18(26)19-13-7-10-4-5-11(13)6-10/h4-5,8-11,13H,6-7H2,1-3H3,(H,20,22)(H2,19,21,26)/t10-,11+,13+/m0/s1. The fourth-order valence-corrected chi connectivity index (χ4v) is 3.75. The summed E-state index contributed by atoms with van der Waals surface area (Å²) in [6.07, 6.45) is 6.76. The van der Waals surface area contributed by atoms with Gasteiger partial charge in [0.05, 0.1) is 21.3 Å². The van der Waals surface area contributed by atoms with E-state index in [1.807, 2.05) is 0 Å². The maximum Gasteiger partial charge on any atom is 0.269 e. The summed E-state index contributed by atoms with van der Waals surface area (Å²) in [5.74, 6) is 2.06. The molecule has 0 heterocycles. The Morgan fingerprint density at radius 2 is 1.73 bits per heavy atom. The van der Waals surface area contributed by atoms with Crippen molar-refractivity contribution in [3.63, 3.8) is 0 Å². The van der Waals surface area contributed by atoms with Crippen LogP contribution in [0.4, 0.5) is 0 Å². The van der Waals surface area contributed by atoms with Crippen molar-refractivity contribution in [3.05, 3.63) is 29.8 Å². The fraction of sp³-hybridized carbons (Fsp3) is 0.444. The summed E-state index contributed by atoms with van der Waals surface area (Å²) in [6.45, 7) is 0. The van der Waals surface area contributed by atoms with Crippen LogP contribution >= 0.6 is 12.2 Å². The van der Waals surface area contributed by atoms with E-state index in [1.165, 1.54) is 27.8 Å². The molecule has 1 saturated carbocycles. The molecular formula is C18H23N3O4S. The predicted octanol–water partition coefficient (Wildman–Crippen LogP) is 1.79. The molecule has 0 aliphatic heterocycles. The van der Waals surface area contributed by atoms with Gasteiger partial charge in [0.15, 0.2) is 16.6 Å². The summed E-state index contributed by atoms with van der Waals surface area (Å²) in [5.41, 5.74) is 5.71. The molecule has 26 heavy (non-hydrogen) atoms. The van der Waals surface area contributed by atoms with Crippen molar-refractivity contribution in [2.75, 3.05) is 21.3 Å². The van der Waals surface area contributed by atoms with Gasteiger partial charge in [-0.3, -0.25) is 15.6 Å². The maximum atomic E-state index is 12.4. The van der Waals surface area contributed by atoms with Crippen LogP contribution in [0.5, 0.6) is 17.2 Å². The van der Waals surface area contributed by atoms with E-state index >= 15 is 0 Å². The van der Waals surface area contributed by atoms with Crippen LogP contribution in [0.1, 0.15) is 23.2 Å². The Morgan fingerprint density at radius 1 is 1.04 bits per heavy atom. The van der Waals surface area contributed by atoms with E-state index < -0.39 is 0 Å².